The number of carbonyl (C=O) groups excluding carboxylic acids is 2. The summed E-state index contributed by atoms with van der Waals surface area (Å²) < 4.78 is 5.18. The van der Waals surface area contributed by atoms with Crippen LogP contribution >= 0.6 is 0 Å². The number of piperazine rings is 1. The molecule has 1 N–H and O–H groups in total. The van der Waals surface area contributed by atoms with Gasteiger partial charge < -0.3 is 15.0 Å². The summed E-state index contributed by atoms with van der Waals surface area (Å²) in [7, 11) is 1.51. The maximum absolute atomic E-state index is 13.5. The van der Waals surface area contributed by atoms with Gasteiger partial charge in [0.25, 0.3) is 0 Å². The fraction of sp³-hybridized carbons (Fsp3) is 0.720. The van der Waals surface area contributed by atoms with E-state index in [0.29, 0.717) is 17.8 Å². The molecule has 32 heavy (non-hydrogen) atoms. The SMILES string of the molecule is COC(=O)C12CC3CC(C1)C(NC(=O)C(C)(C)N1CCN(c4ccccn4)CC1)C(C3)C2. The van der Waals surface area contributed by atoms with Crippen LogP contribution in [-0.4, -0.2) is 66.6 Å². The number of hydrogen-bond acceptors (Lipinski definition) is 6. The monoisotopic (exact) mass is 440 g/mol. The molecule has 6 rings (SSSR count). The molecule has 2 heterocycles. The van der Waals surface area contributed by atoms with Crippen molar-refractivity contribution in [2.24, 2.45) is 23.2 Å². The van der Waals surface area contributed by atoms with Gasteiger partial charge in [-0.15, -0.1) is 0 Å². The molecule has 1 amide bonds. The maximum Gasteiger partial charge on any atom is 0.311 e. The van der Waals surface area contributed by atoms with Crippen molar-refractivity contribution in [3.63, 3.8) is 0 Å². The van der Waals surface area contributed by atoms with Crippen LogP contribution in [0.15, 0.2) is 24.4 Å². The second kappa shape index (κ2) is 8.01. The van der Waals surface area contributed by atoms with E-state index >= 15 is 0 Å². The van der Waals surface area contributed by atoms with E-state index in [1.165, 1.54) is 7.11 Å². The van der Waals surface area contributed by atoms with Crippen molar-refractivity contribution in [1.82, 2.24) is 15.2 Å². The highest BCUT2D eigenvalue weighted by Crippen LogP contribution is 2.60. The Bertz CT molecular complexity index is 849. The van der Waals surface area contributed by atoms with Crippen LogP contribution in [0.2, 0.25) is 0 Å². The minimum Gasteiger partial charge on any atom is -0.469 e. The Morgan fingerprint density at radius 3 is 2.38 bits per heavy atom. The minimum absolute atomic E-state index is 0.0345. The summed E-state index contributed by atoms with van der Waals surface area (Å²) in [6, 6.07) is 6.18. The standard InChI is InChI=1S/C25H36N4O3/c1-24(2,29-10-8-28(9-11-29)20-6-4-5-7-26-20)22(30)27-21-18-12-17-13-19(21)16-25(14-17,15-18)23(31)32-3/h4-7,17-19,21H,8-16H2,1-3H3,(H,27,30). The number of nitrogens with zero attached hydrogens (tertiary/aromatic N) is 3. The third-order valence-corrected chi connectivity index (χ3v) is 8.79. The van der Waals surface area contributed by atoms with Crippen molar-refractivity contribution in [3.05, 3.63) is 24.4 Å². The lowest BCUT2D eigenvalue weighted by molar-refractivity contribution is -0.171. The summed E-state index contributed by atoms with van der Waals surface area (Å²) in [5.74, 6) is 2.47. The second-order valence-corrected chi connectivity index (χ2v) is 11.0. The van der Waals surface area contributed by atoms with Gasteiger partial charge in [-0.2, -0.15) is 0 Å². The van der Waals surface area contributed by atoms with Gasteiger partial charge in [-0.05, 0) is 75.8 Å². The predicted octanol–water partition coefficient (Wildman–Crippen LogP) is 2.47. The summed E-state index contributed by atoms with van der Waals surface area (Å²) in [6.45, 7) is 7.50. The Morgan fingerprint density at radius 1 is 1.09 bits per heavy atom. The number of pyridine rings is 1. The summed E-state index contributed by atoms with van der Waals surface area (Å²) in [4.78, 5) is 35.1. The number of carbonyl (C=O) groups is 2. The number of esters is 1. The summed E-state index contributed by atoms with van der Waals surface area (Å²) in [5, 5.41) is 3.46. The van der Waals surface area contributed by atoms with Crippen LogP contribution in [0.3, 0.4) is 0 Å². The van der Waals surface area contributed by atoms with Crippen LogP contribution in [0.5, 0.6) is 0 Å². The molecule has 4 bridgehead atoms. The van der Waals surface area contributed by atoms with Gasteiger partial charge in [-0.1, -0.05) is 6.07 Å². The van der Waals surface area contributed by atoms with E-state index in [-0.39, 0.29) is 23.3 Å². The fourth-order valence-electron chi connectivity index (χ4n) is 7.23. The van der Waals surface area contributed by atoms with Crippen molar-refractivity contribution in [2.45, 2.75) is 57.5 Å². The van der Waals surface area contributed by atoms with Crippen molar-refractivity contribution in [2.75, 3.05) is 38.2 Å². The molecular weight excluding hydrogens is 404 g/mol. The molecule has 174 valence electrons. The maximum atomic E-state index is 13.5. The van der Waals surface area contributed by atoms with Crippen molar-refractivity contribution in [3.8, 4) is 0 Å². The number of amides is 1. The van der Waals surface area contributed by atoms with E-state index in [4.69, 9.17) is 4.74 Å². The van der Waals surface area contributed by atoms with Gasteiger partial charge in [0.15, 0.2) is 0 Å². The van der Waals surface area contributed by atoms with Gasteiger partial charge in [-0.25, -0.2) is 4.98 Å². The first kappa shape index (κ1) is 21.7. The Hall–Kier alpha value is -2.15. The highest BCUT2D eigenvalue weighted by molar-refractivity contribution is 5.86. The Labute approximate surface area is 190 Å². The smallest absolute Gasteiger partial charge is 0.311 e. The molecule has 1 aromatic rings. The van der Waals surface area contributed by atoms with Crippen LogP contribution in [0, 0.1) is 23.2 Å². The molecule has 5 aliphatic rings. The van der Waals surface area contributed by atoms with Gasteiger partial charge >= 0.3 is 5.97 Å². The molecule has 1 saturated heterocycles. The third kappa shape index (κ3) is 3.58. The molecule has 7 nitrogen and oxygen atoms in total. The summed E-state index contributed by atoms with van der Waals surface area (Å²) in [5.41, 5.74) is -0.866. The number of hydrogen-bond donors (Lipinski definition) is 1. The topological polar surface area (TPSA) is 74.8 Å². The highest BCUT2D eigenvalue weighted by Gasteiger charge is 2.59. The average molecular weight is 441 g/mol. The van der Waals surface area contributed by atoms with E-state index in [2.05, 4.69) is 20.1 Å². The zero-order valence-electron chi connectivity index (χ0n) is 19.5. The molecule has 5 fully saturated rings. The average Bonchev–Trinajstić information content (AvgIpc) is 2.81. The molecule has 2 unspecified atom stereocenters. The third-order valence-electron chi connectivity index (χ3n) is 8.79. The van der Waals surface area contributed by atoms with E-state index in [1.54, 1.807) is 0 Å². The van der Waals surface area contributed by atoms with Crippen molar-refractivity contribution >= 4 is 17.7 Å². The predicted molar refractivity (Wildman–Crippen MR) is 122 cm³/mol. The van der Waals surface area contributed by atoms with E-state index in [9.17, 15) is 9.59 Å². The number of nitrogens with one attached hydrogen (secondary N) is 1. The Morgan fingerprint density at radius 2 is 1.78 bits per heavy atom. The highest BCUT2D eigenvalue weighted by atomic mass is 16.5. The molecule has 0 spiro atoms. The summed E-state index contributed by atoms with van der Waals surface area (Å²) in [6.07, 6.45) is 6.78. The first-order valence-electron chi connectivity index (χ1n) is 12.1. The molecule has 1 aliphatic heterocycles. The van der Waals surface area contributed by atoms with E-state index in [1.807, 2.05) is 38.2 Å². The van der Waals surface area contributed by atoms with Gasteiger partial charge in [0.2, 0.25) is 5.91 Å². The number of rotatable bonds is 5. The first-order valence-corrected chi connectivity index (χ1v) is 12.1. The van der Waals surface area contributed by atoms with Crippen molar-refractivity contribution in [1.29, 1.82) is 0 Å². The number of methoxy groups -OCH3 is 1. The lowest BCUT2D eigenvalue weighted by atomic mass is 9.48. The molecule has 4 aliphatic carbocycles. The molecule has 4 saturated carbocycles. The van der Waals surface area contributed by atoms with E-state index in [0.717, 1.165) is 64.1 Å². The molecule has 7 heteroatoms. The largest absolute Gasteiger partial charge is 0.469 e. The first-order chi connectivity index (χ1) is 15.3. The van der Waals surface area contributed by atoms with Crippen LogP contribution in [0.4, 0.5) is 5.82 Å². The van der Waals surface area contributed by atoms with Crippen LogP contribution in [-0.2, 0) is 14.3 Å². The van der Waals surface area contributed by atoms with Crippen molar-refractivity contribution < 1.29 is 14.3 Å². The van der Waals surface area contributed by atoms with Crippen LogP contribution in [0.1, 0.15) is 46.0 Å². The lowest BCUT2D eigenvalue weighted by Gasteiger charge is -2.59. The number of anilines is 1. The number of ether oxygens (including phenoxy) is 1. The molecule has 0 aromatic carbocycles. The van der Waals surface area contributed by atoms with Gasteiger partial charge in [0.1, 0.15) is 5.82 Å². The van der Waals surface area contributed by atoms with Crippen LogP contribution in [0.25, 0.3) is 0 Å². The normalized spacial score (nSPS) is 34.4. The van der Waals surface area contributed by atoms with E-state index < -0.39 is 5.54 Å². The van der Waals surface area contributed by atoms with Crippen LogP contribution < -0.4 is 10.2 Å². The second-order valence-electron chi connectivity index (χ2n) is 11.0. The zero-order valence-corrected chi connectivity index (χ0v) is 19.5. The fourth-order valence-corrected chi connectivity index (χ4v) is 7.23. The minimum atomic E-state index is -0.565. The Balaban J connectivity index is 1.22. The van der Waals surface area contributed by atoms with Gasteiger partial charge in [0, 0.05) is 38.4 Å². The molecular formula is C25H36N4O3. The lowest BCUT2D eigenvalue weighted by Crippen LogP contribution is -2.66. The van der Waals surface area contributed by atoms with Gasteiger partial charge in [0.05, 0.1) is 18.1 Å². The molecule has 1 aromatic heterocycles. The number of aromatic nitrogens is 1. The zero-order chi connectivity index (χ0) is 22.5. The molecule has 0 radical (unpaired) electrons. The Kier molecular flexibility index (Phi) is 5.43. The molecule has 2 atom stereocenters. The summed E-state index contributed by atoms with van der Waals surface area (Å²) >= 11 is 0. The quantitative estimate of drug-likeness (QED) is 0.709. The van der Waals surface area contributed by atoms with Gasteiger partial charge in [-0.3, -0.25) is 14.5 Å².